The number of benzene rings is 1. The Morgan fingerprint density at radius 1 is 1.14 bits per heavy atom. The SMILES string of the molecule is CC(C)CNCc1nc(-c2ccc(C(C)(C)C)cc2)cs1. The Morgan fingerprint density at radius 3 is 2.38 bits per heavy atom. The molecule has 0 aliphatic heterocycles. The first-order chi connectivity index (χ1) is 9.86. The first-order valence-corrected chi connectivity index (χ1v) is 8.50. The van der Waals surface area contributed by atoms with Gasteiger partial charge >= 0.3 is 0 Å². The Labute approximate surface area is 132 Å². The van der Waals surface area contributed by atoms with E-state index in [0.29, 0.717) is 5.92 Å². The van der Waals surface area contributed by atoms with Gasteiger partial charge in [0.05, 0.1) is 5.69 Å². The van der Waals surface area contributed by atoms with Crippen molar-refractivity contribution in [3.63, 3.8) is 0 Å². The predicted molar refractivity (Wildman–Crippen MR) is 92.8 cm³/mol. The minimum absolute atomic E-state index is 0.201. The molecule has 21 heavy (non-hydrogen) atoms. The quantitative estimate of drug-likeness (QED) is 0.853. The van der Waals surface area contributed by atoms with Gasteiger partial charge in [0, 0.05) is 17.5 Å². The van der Waals surface area contributed by atoms with Crippen LogP contribution in [-0.2, 0) is 12.0 Å². The molecule has 1 aromatic carbocycles. The van der Waals surface area contributed by atoms with Crippen LogP contribution in [0.15, 0.2) is 29.6 Å². The van der Waals surface area contributed by atoms with Crippen LogP contribution in [0.4, 0.5) is 0 Å². The molecule has 0 bridgehead atoms. The normalized spacial score (nSPS) is 12.1. The minimum atomic E-state index is 0.201. The van der Waals surface area contributed by atoms with Crippen molar-refractivity contribution in [2.45, 2.75) is 46.6 Å². The molecule has 2 rings (SSSR count). The van der Waals surface area contributed by atoms with E-state index in [1.165, 1.54) is 11.1 Å². The van der Waals surface area contributed by atoms with Crippen LogP contribution in [0.2, 0.25) is 0 Å². The lowest BCUT2D eigenvalue weighted by atomic mass is 9.86. The zero-order chi connectivity index (χ0) is 15.5. The highest BCUT2D eigenvalue weighted by Crippen LogP contribution is 2.26. The highest BCUT2D eigenvalue weighted by atomic mass is 32.1. The molecule has 3 heteroatoms. The van der Waals surface area contributed by atoms with E-state index in [0.717, 1.165) is 23.8 Å². The fraction of sp³-hybridized carbons (Fsp3) is 0.500. The number of nitrogens with one attached hydrogen (secondary N) is 1. The Kier molecular flexibility index (Phi) is 5.17. The van der Waals surface area contributed by atoms with E-state index in [2.05, 4.69) is 69.6 Å². The second-order valence-corrected chi connectivity index (χ2v) is 7.92. The molecule has 0 fully saturated rings. The summed E-state index contributed by atoms with van der Waals surface area (Å²) in [5.74, 6) is 0.675. The van der Waals surface area contributed by atoms with Crippen molar-refractivity contribution in [1.29, 1.82) is 0 Å². The molecule has 1 N–H and O–H groups in total. The first-order valence-electron chi connectivity index (χ1n) is 7.62. The van der Waals surface area contributed by atoms with Gasteiger partial charge in [0.15, 0.2) is 0 Å². The van der Waals surface area contributed by atoms with E-state index in [4.69, 9.17) is 4.98 Å². The summed E-state index contributed by atoms with van der Waals surface area (Å²) in [4.78, 5) is 4.73. The van der Waals surface area contributed by atoms with E-state index in [9.17, 15) is 0 Å². The van der Waals surface area contributed by atoms with Crippen LogP contribution in [0.3, 0.4) is 0 Å². The molecule has 0 aliphatic rings. The zero-order valence-corrected chi connectivity index (χ0v) is 14.6. The highest BCUT2D eigenvalue weighted by Gasteiger charge is 2.13. The summed E-state index contributed by atoms with van der Waals surface area (Å²) >= 11 is 1.73. The van der Waals surface area contributed by atoms with Crippen LogP contribution in [0.5, 0.6) is 0 Å². The third-order valence-electron chi connectivity index (χ3n) is 3.43. The maximum atomic E-state index is 4.73. The van der Waals surface area contributed by atoms with E-state index in [1.54, 1.807) is 11.3 Å². The standard InChI is InChI=1S/C18H26N2S/c1-13(2)10-19-11-17-20-16(12-21-17)14-6-8-15(9-7-14)18(3,4)5/h6-9,12-13,19H,10-11H2,1-5H3. The molecule has 0 saturated heterocycles. The van der Waals surface area contributed by atoms with E-state index >= 15 is 0 Å². The number of thiazole rings is 1. The lowest BCUT2D eigenvalue weighted by Gasteiger charge is -2.18. The number of nitrogens with zero attached hydrogens (tertiary/aromatic N) is 1. The topological polar surface area (TPSA) is 24.9 Å². The summed E-state index contributed by atoms with van der Waals surface area (Å²) in [6.07, 6.45) is 0. The lowest BCUT2D eigenvalue weighted by molar-refractivity contribution is 0.551. The third-order valence-corrected chi connectivity index (χ3v) is 4.28. The van der Waals surface area contributed by atoms with Crippen molar-refractivity contribution in [1.82, 2.24) is 10.3 Å². The molecule has 0 atom stereocenters. The molecule has 1 heterocycles. The molecular weight excluding hydrogens is 276 g/mol. The van der Waals surface area contributed by atoms with Gasteiger partial charge in [0.1, 0.15) is 5.01 Å². The summed E-state index contributed by atoms with van der Waals surface area (Å²) < 4.78 is 0. The Hall–Kier alpha value is -1.19. The first kappa shape index (κ1) is 16.2. The number of rotatable bonds is 5. The summed E-state index contributed by atoms with van der Waals surface area (Å²) in [5, 5.41) is 6.75. The fourth-order valence-corrected chi connectivity index (χ4v) is 2.91. The molecule has 0 amide bonds. The lowest BCUT2D eigenvalue weighted by Crippen LogP contribution is -2.18. The van der Waals surface area contributed by atoms with Crippen LogP contribution in [0, 0.1) is 5.92 Å². The predicted octanol–water partition coefficient (Wildman–Crippen LogP) is 4.85. The third kappa shape index (κ3) is 4.65. The summed E-state index contributed by atoms with van der Waals surface area (Å²) in [5.41, 5.74) is 3.85. The second-order valence-electron chi connectivity index (χ2n) is 6.98. The van der Waals surface area contributed by atoms with Crippen LogP contribution < -0.4 is 5.32 Å². The molecular formula is C18H26N2S. The minimum Gasteiger partial charge on any atom is -0.310 e. The van der Waals surface area contributed by atoms with E-state index < -0.39 is 0 Å². The molecule has 2 aromatic rings. The smallest absolute Gasteiger partial charge is 0.107 e. The van der Waals surface area contributed by atoms with Crippen molar-refractivity contribution in [3.05, 3.63) is 40.2 Å². The van der Waals surface area contributed by atoms with Gasteiger partial charge in [0.2, 0.25) is 0 Å². The zero-order valence-electron chi connectivity index (χ0n) is 13.7. The van der Waals surface area contributed by atoms with Gasteiger partial charge in [-0.05, 0) is 23.4 Å². The monoisotopic (exact) mass is 302 g/mol. The van der Waals surface area contributed by atoms with Crippen LogP contribution in [0.1, 0.15) is 45.2 Å². The van der Waals surface area contributed by atoms with Crippen molar-refractivity contribution in [2.75, 3.05) is 6.54 Å². The van der Waals surface area contributed by atoms with Gasteiger partial charge in [-0.1, -0.05) is 58.9 Å². The fourth-order valence-electron chi connectivity index (χ4n) is 2.13. The van der Waals surface area contributed by atoms with Crippen LogP contribution in [0.25, 0.3) is 11.3 Å². The molecule has 1 aromatic heterocycles. The highest BCUT2D eigenvalue weighted by molar-refractivity contribution is 7.09. The maximum Gasteiger partial charge on any atom is 0.107 e. The Bertz CT molecular complexity index is 562. The average Bonchev–Trinajstić information content (AvgIpc) is 2.86. The van der Waals surface area contributed by atoms with Gasteiger partial charge in [0.25, 0.3) is 0 Å². The van der Waals surface area contributed by atoms with Gasteiger partial charge in [-0.15, -0.1) is 11.3 Å². The number of hydrogen-bond acceptors (Lipinski definition) is 3. The largest absolute Gasteiger partial charge is 0.310 e. The molecule has 0 saturated carbocycles. The summed E-state index contributed by atoms with van der Waals surface area (Å²) in [7, 11) is 0. The average molecular weight is 302 g/mol. The van der Waals surface area contributed by atoms with Gasteiger partial charge < -0.3 is 5.32 Å². The van der Waals surface area contributed by atoms with Gasteiger partial charge in [-0.2, -0.15) is 0 Å². The summed E-state index contributed by atoms with van der Waals surface area (Å²) in [6, 6.07) is 8.79. The van der Waals surface area contributed by atoms with E-state index in [-0.39, 0.29) is 5.41 Å². The van der Waals surface area contributed by atoms with Crippen molar-refractivity contribution < 1.29 is 0 Å². The molecule has 114 valence electrons. The van der Waals surface area contributed by atoms with Crippen molar-refractivity contribution in [3.8, 4) is 11.3 Å². The molecule has 0 aliphatic carbocycles. The van der Waals surface area contributed by atoms with E-state index in [1.807, 2.05) is 0 Å². The van der Waals surface area contributed by atoms with Crippen LogP contribution in [-0.4, -0.2) is 11.5 Å². The summed E-state index contributed by atoms with van der Waals surface area (Å²) in [6.45, 7) is 13.1. The molecule has 0 unspecified atom stereocenters. The number of hydrogen-bond donors (Lipinski definition) is 1. The van der Waals surface area contributed by atoms with Crippen LogP contribution >= 0.6 is 11.3 Å². The molecule has 2 nitrogen and oxygen atoms in total. The Morgan fingerprint density at radius 2 is 1.81 bits per heavy atom. The van der Waals surface area contributed by atoms with Gasteiger partial charge in [-0.3, -0.25) is 0 Å². The number of aromatic nitrogens is 1. The Balaban J connectivity index is 2.04. The van der Waals surface area contributed by atoms with Crippen molar-refractivity contribution >= 4 is 11.3 Å². The van der Waals surface area contributed by atoms with Crippen molar-refractivity contribution in [2.24, 2.45) is 5.92 Å². The van der Waals surface area contributed by atoms with Gasteiger partial charge in [-0.25, -0.2) is 4.98 Å². The molecule has 0 spiro atoms. The second kappa shape index (κ2) is 6.71. The maximum absolute atomic E-state index is 4.73. The molecule has 0 radical (unpaired) electrons.